The molecule has 0 aromatic heterocycles. The van der Waals surface area contributed by atoms with Gasteiger partial charge in [-0.1, -0.05) is 27.2 Å². The van der Waals surface area contributed by atoms with Gasteiger partial charge in [0.25, 0.3) is 0 Å². The number of carboxylic acids is 1. The molecule has 0 aromatic carbocycles. The minimum atomic E-state index is -0.672. The first-order valence-electron chi connectivity index (χ1n) is 4.22. The lowest BCUT2D eigenvalue weighted by Gasteiger charge is -2.29. The summed E-state index contributed by atoms with van der Waals surface area (Å²) < 4.78 is 0. The summed E-state index contributed by atoms with van der Waals surface area (Å²) in [5.41, 5.74) is -0.533. The Morgan fingerprint density at radius 3 is 2.09 bits per heavy atom. The summed E-state index contributed by atoms with van der Waals surface area (Å²) in [5, 5.41) is 8.93. The fourth-order valence-electron chi connectivity index (χ4n) is 1.16. The van der Waals surface area contributed by atoms with Gasteiger partial charge in [-0.3, -0.25) is 4.79 Å². The van der Waals surface area contributed by atoms with Crippen LogP contribution in [-0.4, -0.2) is 11.1 Å². The van der Waals surface area contributed by atoms with Gasteiger partial charge in [0.05, 0.1) is 5.41 Å². The van der Waals surface area contributed by atoms with E-state index in [1.54, 1.807) is 0 Å². The zero-order valence-electron chi connectivity index (χ0n) is 7.85. The van der Waals surface area contributed by atoms with Gasteiger partial charge in [-0.15, -0.1) is 0 Å². The second kappa shape index (κ2) is 3.74. The molecule has 0 saturated heterocycles. The first kappa shape index (κ1) is 10.5. The van der Waals surface area contributed by atoms with Crippen LogP contribution in [0.3, 0.4) is 0 Å². The number of carbonyl (C=O) groups is 1. The lowest BCUT2D eigenvalue weighted by atomic mass is 9.75. The number of hydrogen-bond donors (Lipinski definition) is 1. The number of rotatable bonds is 4. The Bertz CT molecular complexity index is 142. The topological polar surface area (TPSA) is 37.3 Å². The van der Waals surface area contributed by atoms with Gasteiger partial charge in [-0.25, -0.2) is 0 Å². The van der Waals surface area contributed by atoms with Gasteiger partial charge in [0.2, 0.25) is 0 Å². The first-order chi connectivity index (χ1) is 4.99. The average Bonchev–Trinajstić information content (AvgIpc) is 2.01. The predicted octanol–water partition coefficient (Wildman–Crippen LogP) is 2.53. The highest BCUT2D eigenvalue weighted by molar-refractivity contribution is 5.74. The molecule has 2 heteroatoms. The third-order valence-electron chi connectivity index (χ3n) is 2.92. The molecular formula is C9H18O2. The Morgan fingerprint density at radius 2 is 2.00 bits per heavy atom. The van der Waals surface area contributed by atoms with Crippen molar-refractivity contribution in [2.24, 2.45) is 11.3 Å². The molecule has 0 unspecified atom stereocenters. The van der Waals surface area contributed by atoms with Crippen LogP contribution in [0.1, 0.15) is 40.5 Å². The zero-order chi connectivity index (χ0) is 9.07. The molecule has 2 nitrogen and oxygen atoms in total. The van der Waals surface area contributed by atoms with E-state index in [1.807, 2.05) is 27.7 Å². The highest BCUT2D eigenvalue weighted by Crippen LogP contribution is 2.33. The van der Waals surface area contributed by atoms with Crippen molar-refractivity contribution in [3.05, 3.63) is 0 Å². The van der Waals surface area contributed by atoms with Crippen LogP contribution >= 0.6 is 0 Å². The molecule has 0 aliphatic carbocycles. The van der Waals surface area contributed by atoms with Crippen LogP contribution in [0.4, 0.5) is 0 Å². The molecule has 11 heavy (non-hydrogen) atoms. The van der Waals surface area contributed by atoms with E-state index in [1.165, 1.54) is 0 Å². The molecule has 0 aliphatic rings. The fraction of sp³-hybridized carbons (Fsp3) is 0.889. The molecule has 1 N–H and O–H groups in total. The average molecular weight is 158 g/mol. The Labute approximate surface area is 68.6 Å². The van der Waals surface area contributed by atoms with Gasteiger partial charge in [0, 0.05) is 0 Å². The molecule has 0 bridgehead atoms. The quantitative estimate of drug-likeness (QED) is 0.682. The van der Waals surface area contributed by atoms with Crippen molar-refractivity contribution in [1.82, 2.24) is 0 Å². The van der Waals surface area contributed by atoms with E-state index in [9.17, 15) is 4.79 Å². The van der Waals surface area contributed by atoms with E-state index in [0.29, 0.717) is 6.42 Å². The fourth-order valence-corrected chi connectivity index (χ4v) is 1.16. The molecular weight excluding hydrogens is 140 g/mol. The number of aliphatic carboxylic acids is 1. The molecule has 0 rings (SSSR count). The second-order valence-corrected chi connectivity index (χ2v) is 3.39. The monoisotopic (exact) mass is 158 g/mol. The summed E-state index contributed by atoms with van der Waals surface area (Å²) in [6.45, 7) is 7.78. The standard InChI is InChI=1S/C9H18O2/c1-5-7(3)9(4,6-2)8(10)11/h7H,5-6H2,1-4H3,(H,10,11)/t7-,9+/m0/s1. The minimum absolute atomic E-state index is 0.255. The van der Waals surface area contributed by atoms with Crippen LogP contribution in [0.5, 0.6) is 0 Å². The Balaban J connectivity index is 4.45. The van der Waals surface area contributed by atoms with Crippen LogP contribution in [0, 0.1) is 11.3 Å². The van der Waals surface area contributed by atoms with E-state index in [-0.39, 0.29) is 5.92 Å². The number of hydrogen-bond acceptors (Lipinski definition) is 1. The predicted molar refractivity (Wildman–Crippen MR) is 45.5 cm³/mol. The van der Waals surface area contributed by atoms with Crippen LogP contribution in [-0.2, 0) is 4.79 Å². The lowest BCUT2D eigenvalue weighted by Crippen LogP contribution is -2.33. The van der Waals surface area contributed by atoms with E-state index >= 15 is 0 Å². The largest absolute Gasteiger partial charge is 0.481 e. The van der Waals surface area contributed by atoms with Crippen molar-refractivity contribution in [3.63, 3.8) is 0 Å². The SMILES string of the molecule is CC[C@H](C)[C@@](C)(CC)C(=O)O. The van der Waals surface area contributed by atoms with E-state index in [2.05, 4.69) is 0 Å². The summed E-state index contributed by atoms with van der Waals surface area (Å²) >= 11 is 0. The van der Waals surface area contributed by atoms with E-state index in [0.717, 1.165) is 6.42 Å². The summed E-state index contributed by atoms with van der Waals surface area (Å²) in [6, 6.07) is 0. The second-order valence-electron chi connectivity index (χ2n) is 3.39. The van der Waals surface area contributed by atoms with Gasteiger partial charge in [0.1, 0.15) is 0 Å². The smallest absolute Gasteiger partial charge is 0.309 e. The molecule has 0 saturated carbocycles. The maximum Gasteiger partial charge on any atom is 0.309 e. The maximum absolute atomic E-state index is 10.9. The van der Waals surface area contributed by atoms with Gasteiger partial charge >= 0.3 is 5.97 Å². The molecule has 0 aliphatic heterocycles. The van der Waals surface area contributed by atoms with Crippen molar-refractivity contribution in [2.75, 3.05) is 0 Å². The Morgan fingerprint density at radius 1 is 1.55 bits per heavy atom. The van der Waals surface area contributed by atoms with Crippen molar-refractivity contribution < 1.29 is 9.90 Å². The van der Waals surface area contributed by atoms with Crippen LogP contribution in [0.15, 0.2) is 0 Å². The van der Waals surface area contributed by atoms with Crippen LogP contribution < -0.4 is 0 Å². The summed E-state index contributed by atoms with van der Waals surface area (Å²) in [6.07, 6.45) is 1.63. The van der Waals surface area contributed by atoms with Gasteiger partial charge in [0.15, 0.2) is 0 Å². The molecule has 0 spiro atoms. The molecule has 0 radical (unpaired) electrons. The normalized spacial score (nSPS) is 18.9. The maximum atomic E-state index is 10.9. The van der Waals surface area contributed by atoms with Gasteiger partial charge in [-0.05, 0) is 19.3 Å². The van der Waals surface area contributed by atoms with Crippen LogP contribution in [0.25, 0.3) is 0 Å². The molecule has 0 fully saturated rings. The molecule has 2 atom stereocenters. The summed E-state index contributed by atoms with van der Waals surface area (Å²) in [7, 11) is 0. The third-order valence-corrected chi connectivity index (χ3v) is 2.92. The third kappa shape index (κ3) is 1.95. The van der Waals surface area contributed by atoms with E-state index in [4.69, 9.17) is 5.11 Å². The first-order valence-corrected chi connectivity index (χ1v) is 4.22. The van der Waals surface area contributed by atoms with Gasteiger partial charge < -0.3 is 5.11 Å². The van der Waals surface area contributed by atoms with Crippen molar-refractivity contribution >= 4 is 5.97 Å². The molecule has 0 amide bonds. The van der Waals surface area contributed by atoms with E-state index < -0.39 is 11.4 Å². The summed E-state index contributed by atoms with van der Waals surface area (Å²) in [5.74, 6) is -0.417. The molecule has 0 aromatic rings. The molecule has 0 heterocycles. The lowest BCUT2D eigenvalue weighted by molar-refractivity contribution is -0.151. The molecule has 66 valence electrons. The van der Waals surface area contributed by atoms with Crippen LogP contribution in [0.2, 0.25) is 0 Å². The van der Waals surface area contributed by atoms with Crippen molar-refractivity contribution in [2.45, 2.75) is 40.5 Å². The minimum Gasteiger partial charge on any atom is -0.481 e. The number of carboxylic acid groups (broad SMARTS) is 1. The Hall–Kier alpha value is -0.530. The van der Waals surface area contributed by atoms with Crippen molar-refractivity contribution in [3.8, 4) is 0 Å². The summed E-state index contributed by atoms with van der Waals surface area (Å²) in [4.78, 5) is 10.9. The van der Waals surface area contributed by atoms with Gasteiger partial charge in [-0.2, -0.15) is 0 Å². The Kier molecular flexibility index (Phi) is 3.56. The highest BCUT2D eigenvalue weighted by Gasteiger charge is 2.35. The highest BCUT2D eigenvalue weighted by atomic mass is 16.4. The van der Waals surface area contributed by atoms with Crippen molar-refractivity contribution in [1.29, 1.82) is 0 Å². The zero-order valence-corrected chi connectivity index (χ0v) is 7.85.